The van der Waals surface area contributed by atoms with Gasteiger partial charge in [-0.25, -0.2) is 0 Å². The fraction of sp³-hybridized carbons (Fsp3) is 0.125. The Hall–Kier alpha value is -5.18. The van der Waals surface area contributed by atoms with Gasteiger partial charge in [-0.2, -0.15) is 0 Å². The second kappa shape index (κ2) is 16.5. The topological polar surface area (TPSA) is 3.24 Å². The zero-order valence-corrected chi connectivity index (χ0v) is 30.8. The molecule has 0 bridgehead atoms. The Balaban J connectivity index is 1.39. The van der Waals surface area contributed by atoms with E-state index in [2.05, 4.69) is 199 Å². The maximum absolute atomic E-state index is 4.21. The summed E-state index contributed by atoms with van der Waals surface area (Å²) in [6.07, 6.45) is 20.4. The average Bonchev–Trinajstić information content (AvgIpc) is 3.16. The third-order valence-electron chi connectivity index (χ3n) is 9.14. The molecule has 0 heterocycles. The second-order valence-corrected chi connectivity index (χ2v) is 13.9. The van der Waals surface area contributed by atoms with E-state index < -0.39 is 0 Å². The second-order valence-electron chi connectivity index (χ2n) is 12.6. The van der Waals surface area contributed by atoms with Gasteiger partial charge in [0.15, 0.2) is 0 Å². The van der Waals surface area contributed by atoms with Crippen molar-refractivity contribution in [3.05, 3.63) is 191 Å². The van der Waals surface area contributed by atoms with E-state index in [9.17, 15) is 0 Å². The molecule has 0 saturated heterocycles. The van der Waals surface area contributed by atoms with Gasteiger partial charge >= 0.3 is 0 Å². The molecule has 0 atom stereocenters. The molecule has 0 amide bonds. The molecule has 0 fully saturated rings. The van der Waals surface area contributed by atoms with Crippen molar-refractivity contribution in [1.82, 2.24) is 0 Å². The molecule has 0 aromatic heterocycles. The third-order valence-corrected chi connectivity index (χ3v) is 9.40. The van der Waals surface area contributed by atoms with Gasteiger partial charge in [0.05, 0.1) is 0 Å². The van der Waals surface area contributed by atoms with Crippen LogP contribution in [0.4, 0.5) is 11.4 Å². The number of aryl methyl sites for hydroxylation is 1. The summed E-state index contributed by atoms with van der Waals surface area (Å²) in [6, 6.07) is 42.1. The minimum atomic E-state index is 0.983. The fourth-order valence-corrected chi connectivity index (χ4v) is 6.59. The first kappa shape index (κ1) is 34.7. The molecule has 0 aliphatic heterocycles. The highest BCUT2D eigenvalue weighted by Gasteiger charge is 2.16. The first-order valence-corrected chi connectivity index (χ1v) is 18.2. The molecule has 0 N–H and O–H groups in total. The molecule has 0 saturated carbocycles. The van der Waals surface area contributed by atoms with Gasteiger partial charge in [0.25, 0.3) is 0 Å². The Morgan fingerprint density at radius 2 is 1.40 bits per heavy atom. The number of nitrogens with zero attached hydrogens (tertiary/aromatic N) is 1. The van der Waals surface area contributed by atoms with E-state index >= 15 is 0 Å². The largest absolute Gasteiger partial charge is 0.311 e. The Morgan fingerprint density at radius 1 is 0.740 bits per heavy atom. The van der Waals surface area contributed by atoms with Crippen LogP contribution in [0.5, 0.6) is 0 Å². The number of hydrogen-bond donors (Lipinski definition) is 0. The molecule has 5 aromatic rings. The summed E-state index contributed by atoms with van der Waals surface area (Å²) in [5.41, 5.74) is 15.6. The van der Waals surface area contributed by atoms with E-state index in [-0.39, 0.29) is 0 Å². The van der Waals surface area contributed by atoms with Gasteiger partial charge in [0.1, 0.15) is 0 Å². The standard InChI is InChI=1S/C48H44BrN/c1-5-7-14-37-20-21-42(33-35(37)3)39-22-28-45(29-23-39)50(44(6-2)27-19-36(4)49)46-30-24-41(25-31-46)48-34-43(38-15-10-8-11-16-38)26-32-47(48)40-17-12-9-13-18-40/h6-10,12-15,17-34H,2,5,11,16H2,1,3-4H3/b14-7-,36-19+,44-27+. The molecular weight excluding hydrogens is 670 g/mol. The summed E-state index contributed by atoms with van der Waals surface area (Å²) < 4.78 is 1.05. The van der Waals surface area contributed by atoms with Crippen LogP contribution in [0.2, 0.25) is 0 Å². The van der Waals surface area contributed by atoms with E-state index in [1.54, 1.807) is 0 Å². The minimum Gasteiger partial charge on any atom is -0.311 e. The summed E-state index contributed by atoms with van der Waals surface area (Å²) in [5.74, 6) is 0. The van der Waals surface area contributed by atoms with E-state index in [4.69, 9.17) is 0 Å². The summed E-state index contributed by atoms with van der Waals surface area (Å²) in [4.78, 5) is 2.27. The lowest BCUT2D eigenvalue weighted by Gasteiger charge is -2.27. The number of hydrogen-bond acceptors (Lipinski definition) is 1. The number of anilines is 2. The first-order chi connectivity index (χ1) is 24.4. The van der Waals surface area contributed by atoms with Gasteiger partial charge in [0.2, 0.25) is 0 Å². The smallest absolute Gasteiger partial charge is 0.0462 e. The molecule has 0 unspecified atom stereocenters. The SMILES string of the molecule is C=C/C(=C\C=C(/C)Br)N(c1ccc(-c2ccc(/C=C\CC)c(C)c2)cc1)c1ccc(-c2cc(C3=CC=CCC3)ccc2-c2ccccc2)cc1. The lowest BCUT2D eigenvalue weighted by Crippen LogP contribution is -2.15. The van der Waals surface area contributed by atoms with Crippen LogP contribution in [0.15, 0.2) is 175 Å². The molecule has 248 valence electrons. The lowest BCUT2D eigenvalue weighted by molar-refractivity contribution is 1.05. The van der Waals surface area contributed by atoms with Gasteiger partial charge in [0, 0.05) is 17.1 Å². The predicted molar refractivity (Wildman–Crippen MR) is 223 cm³/mol. The summed E-state index contributed by atoms with van der Waals surface area (Å²) in [5, 5.41) is 0. The van der Waals surface area contributed by atoms with Crippen LogP contribution in [0.3, 0.4) is 0 Å². The van der Waals surface area contributed by atoms with Crippen LogP contribution < -0.4 is 4.90 Å². The highest BCUT2D eigenvalue weighted by Crippen LogP contribution is 2.39. The van der Waals surface area contributed by atoms with E-state index in [1.165, 1.54) is 55.6 Å². The van der Waals surface area contributed by atoms with Crippen LogP contribution in [0.1, 0.15) is 49.8 Å². The molecule has 1 aliphatic rings. The fourth-order valence-electron chi connectivity index (χ4n) is 6.46. The molecule has 50 heavy (non-hydrogen) atoms. The molecule has 0 spiro atoms. The predicted octanol–water partition coefficient (Wildman–Crippen LogP) is 14.7. The summed E-state index contributed by atoms with van der Waals surface area (Å²) >= 11 is 3.60. The molecule has 2 heteroatoms. The van der Waals surface area contributed by atoms with Crippen LogP contribution in [0.25, 0.3) is 45.0 Å². The van der Waals surface area contributed by atoms with Crippen molar-refractivity contribution >= 4 is 39.0 Å². The van der Waals surface area contributed by atoms with Gasteiger partial charge in [-0.3, -0.25) is 0 Å². The van der Waals surface area contributed by atoms with Crippen LogP contribution >= 0.6 is 15.9 Å². The normalized spacial score (nSPS) is 13.4. The van der Waals surface area contributed by atoms with Crippen LogP contribution in [-0.2, 0) is 0 Å². The Labute approximate surface area is 307 Å². The molecule has 1 aliphatic carbocycles. The van der Waals surface area contributed by atoms with Crippen molar-refractivity contribution in [3.8, 4) is 33.4 Å². The number of halogens is 1. The highest BCUT2D eigenvalue weighted by molar-refractivity contribution is 9.11. The zero-order chi connectivity index (χ0) is 34.9. The monoisotopic (exact) mass is 713 g/mol. The van der Waals surface area contributed by atoms with Gasteiger partial charge < -0.3 is 4.90 Å². The quantitative estimate of drug-likeness (QED) is 0.123. The molecular formula is C48H44BrN. The molecule has 6 rings (SSSR count). The van der Waals surface area contributed by atoms with Crippen molar-refractivity contribution in [1.29, 1.82) is 0 Å². The lowest BCUT2D eigenvalue weighted by atomic mass is 9.89. The highest BCUT2D eigenvalue weighted by atomic mass is 79.9. The Bertz CT molecular complexity index is 2100. The molecule has 5 aromatic carbocycles. The van der Waals surface area contributed by atoms with Crippen molar-refractivity contribution in [2.75, 3.05) is 4.90 Å². The van der Waals surface area contributed by atoms with Crippen molar-refractivity contribution in [2.24, 2.45) is 0 Å². The maximum atomic E-state index is 4.21. The van der Waals surface area contributed by atoms with E-state index in [0.717, 1.165) is 40.8 Å². The van der Waals surface area contributed by atoms with Crippen molar-refractivity contribution < 1.29 is 0 Å². The van der Waals surface area contributed by atoms with Gasteiger partial charge in [-0.05, 0) is 136 Å². The minimum absolute atomic E-state index is 0.983. The number of allylic oxidation sites excluding steroid dienone is 9. The number of rotatable bonds is 11. The van der Waals surface area contributed by atoms with Gasteiger partial charge in [-0.15, -0.1) is 0 Å². The van der Waals surface area contributed by atoms with Crippen LogP contribution in [0, 0.1) is 6.92 Å². The van der Waals surface area contributed by atoms with Crippen LogP contribution in [-0.4, -0.2) is 0 Å². The van der Waals surface area contributed by atoms with Gasteiger partial charge in [-0.1, -0.05) is 151 Å². The maximum Gasteiger partial charge on any atom is 0.0462 e. The average molecular weight is 715 g/mol. The Morgan fingerprint density at radius 3 is 2.02 bits per heavy atom. The summed E-state index contributed by atoms with van der Waals surface area (Å²) in [7, 11) is 0. The Kier molecular flexibility index (Phi) is 11.4. The summed E-state index contributed by atoms with van der Waals surface area (Å²) in [6.45, 7) is 10.6. The number of benzene rings is 5. The molecule has 0 radical (unpaired) electrons. The first-order valence-electron chi connectivity index (χ1n) is 17.5. The molecule has 1 nitrogen and oxygen atoms in total. The van der Waals surface area contributed by atoms with Crippen molar-refractivity contribution in [3.63, 3.8) is 0 Å². The van der Waals surface area contributed by atoms with E-state index in [0.29, 0.717) is 0 Å². The van der Waals surface area contributed by atoms with Crippen molar-refractivity contribution in [2.45, 2.75) is 40.0 Å². The third kappa shape index (κ3) is 8.16. The van der Waals surface area contributed by atoms with E-state index in [1.807, 2.05) is 13.0 Å². The zero-order valence-electron chi connectivity index (χ0n) is 29.2.